The zero-order valence-corrected chi connectivity index (χ0v) is 11.4. The van der Waals surface area contributed by atoms with Crippen LogP contribution in [0, 0.1) is 12.8 Å². The van der Waals surface area contributed by atoms with Crippen molar-refractivity contribution >= 4 is 17.4 Å². The van der Waals surface area contributed by atoms with Crippen LogP contribution in [0.25, 0.3) is 0 Å². The van der Waals surface area contributed by atoms with Gasteiger partial charge in [-0.05, 0) is 31.4 Å². The number of rotatable bonds is 3. The summed E-state index contributed by atoms with van der Waals surface area (Å²) < 4.78 is 5.25. The number of hydrogen-bond donors (Lipinski definition) is 3. The molecule has 20 heavy (non-hydrogen) atoms. The molecule has 1 fully saturated rings. The van der Waals surface area contributed by atoms with Crippen LogP contribution in [0.2, 0.25) is 0 Å². The van der Waals surface area contributed by atoms with Gasteiger partial charge in [-0.1, -0.05) is 17.3 Å². The molecule has 0 bridgehead atoms. The summed E-state index contributed by atoms with van der Waals surface area (Å²) in [6, 6.07) is 5.41. The Balaban J connectivity index is 2.20. The van der Waals surface area contributed by atoms with E-state index in [1.54, 1.807) is 6.07 Å². The number of nitrogens with zero attached hydrogens (tertiary/aromatic N) is 1. The van der Waals surface area contributed by atoms with Gasteiger partial charge in [-0.3, -0.25) is 4.79 Å². The van der Waals surface area contributed by atoms with E-state index in [0.717, 1.165) is 18.4 Å². The van der Waals surface area contributed by atoms with Gasteiger partial charge >= 0.3 is 0 Å². The molecule has 1 aliphatic heterocycles. The zero-order chi connectivity index (χ0) is 14.5. The molecule has 2 rings (SSSR count). The first kappa shape index (κ1) is 14.3. The van der Waals surface area contributed by atoms with E-state index in [0.29, 0.717) is 24.5 Å². The van der Waals surface area contributed by atoms with Crippen LogP contribution in [0.4, 0.5) is 5.69 Å². The minimum atomic E-state index is -0.0515. The van der Waals surface area contributed by atoms with Crippen molar-refractivity contribution in [1.82, 2.24) is 0 Å². The normalized spacial score (nSPS) is 16.9. The summed E-state index contributed by atoms with van der Waals surface area (Å²) in [5.41, 5.74) is 7.63. The van der Waals surface area contributed by atoms with E-state index in [2.05, 4.69) is 10.5 Å². The van der Waals surface area contributed by atoms with E-state index in [-0.39, 0.29) is 17.7 Å². The van der Waals surface area contributed by atoms with Gasteiger partial charge in [0.05, 0.1) is 5.69 Å². The van der Waals surface area contributed by atoms with Gasteiger partial charge in [0, 0.05) is 24.7 Å². The molecule has 6 nitrogen and oxygen atoms in total. The molecule has 1 aromatic carbocycles. The van der Waals surface area contributed by atoms with Gasteiger partial charge in [0.1, 0.15) is 0 Å². The van der Waals surface area contributed by atoms with Gasteiger partial charge in [-0.25, -0.2) is 0 Å². The minimum absolute atomic E-state index is 0.00891. The summed E-state index contributed by atoms with van der Waals surface area (Å²) in [7, 11) is 0. The number of benzene rings is 1. The van der Waals surface area contributed by atoms with Gasteiger partial charge in [0.25, 0.3) is 0 Å². The molecular weight excluding hydrogens is 258 g/mol. The summed E-state index contributed by atoms with van der Waals surface area (Å²) >= 11 is 0. The molecule has 1 saturated heterocycles. The monoisotopic (exact) mass is 277 g/mol. The van der Waals surface area contributed by atoms with Crippen molar-refractivity contribution in [2.45, 2.75) is 19.8 Å². The molecule has 0 aromatic heterocycles. The summed E-state index contributed by atoms with van der Waals surface area (Å²) in [6.07, 6.45) is 1.44. The van der Waals surface area contributed by atoms with E-state index in [1.807, 2.05) is 19.1 Å². The molecular formula is C14H19N3O3. The van der Waals surface area contributed by atoms with E-state index in [9.17, 15) is 4.79 Å². The summed E-state index contributed by atoms with van der Waals surface area (Å²) in [5.74, 6) is -0.110. The Labute approximate surface area is 117 Å². The van der Waals surface area contributed by atoms with Crippen molar-refractivity contribution in [3.05, 3.63) is 29.3 Å². The molecule has 1 heterocycles. The molecule has 0 saturated carbocycles. The minimum Gasteiger partial charge on any atom is -0.409 e. The molecule has 0 aliphatic carbocycles. The molecule has 108 valence electrons. The third-order valence-corrected chi connectivity index (χ3v) is 3.49. The highest BCUT2D eigenvalue weighted by atomic mass is 16.5. The first-order valence-electron chi connectivity index (χ1n) is 6.59. The highest BCUT2D eigenvalue weighted by molar-refractivity contribution is 6.06. The fraction of sp³-hybridized carbons (Fsp3) is 0.429. The zero-order valence-electron chi connectivity index (χ0n) is 11.4. The maximum Gasteiger partial charge on any atom is 0.227 e. The van der Waals surface area contributed by atoms with E-state index in [1.165, 1.54) is 0 Å². The third kappa shape index (κ3) is 3.08. The average molecular weight is 277 g/mol. The topological polar surface area (TPSA) is 96.9 Å². The molecule has 0 spiro atoms. The molecule has 1 aliphatic rings. The Kier molecular flexibility index (Phi) is 4.57. The van der Waals surface area contributed by atoms with Crippen LogP contribution in [0.15, 0.2) is 23.4 Å². The number of nitrogens with one attached hydrogen (secondary N) is 1. The van der Waals surface area contributed by atoms with E-state index in [4.69, 9.17) is 15.7 Å². The number of oxime groups is 1. The van der Waals surface area contributed by atoms with Crippen molar-refractivity contribution in [2.75, 3.05) is 18.5 Å². The first-order valence-corrected chi connectivity index (χ1v) is 6.59. The third-order valence-electron chi connectivity index (χ3n) is 3.49. The standard InChI is InChI=1S/C14H19N3O3/c1-9-3-2-4-11(12(9)13(15)17-19)16-14(18)10-5-7-20-8-6-10/h2-4,10,19H,5-8H2,1H3,(H2,15,17)(H,16,18). The Morgan fingerprint density at radius 1 is 1.45 bits per heavy atom. The largest absolute Gasteiger partial charge is 0.409 e. The SMILES string of the molecule is Cc1cccc(NC(=O)C2CCOCC2)c1/C(N)=N/O. The van der Waals surface area contributed by atoms with Crippen molar-refractivity contribution in [2.24, 2.45) is 16.8 Å². The van der Waals surface area contributed by atoms with Crippen molar-refractivity contribution in [1.29, 1.82) is 0 Å². The fourth-order valence-electron chi connectivity index (χ4n) is 2.36. The number of amidine groups is 1. The number of amides is 1. The molecule has 4 N–H and O–H groups in total. The highest BCUT2D eigenvalue weighted by Crippen LogP contribution is 2.22. The van der Waals surface area contributed by atoms with Gasteiger partial charge < -0.3 is 21.0 Å². The second-order valence-electron chi connectivity index (χ2n) is 4.86. The second kappa shape index (κ2) is 6.38. The van der Waals surface area contributed by atoms with Crippen LogP contribution in [0.1, 0.15) is 24.0 Å². The number of hydrogen-bond acceptors (Lipinski definition) is 4. The Morgan fingerprint density at radius 2 is 2.15 bits per heavy atom. The summed E-state index contributed by atoms with van der Waals surface area (Å²) in [6.45, 7) is 3.06. The predicted octanol–water partition coefficient (Wildman–Crippen LogP) is 1.45. The Bertz CT molecular complexity index is 522. The number of aryl methyl sites for hydroxylation is 1. The number of carbonyl (C=O) groups excluding carboxylic acids is 1. The number of carbonyl (C=O) groups is 1. The molecule has 1 aromatic rings. The maximum absolute atomic E-state index is 12.2. The molecule has 1 amide bonds. The number of nitrogens with two attached hydrogens (primary N) is 1. The molecule has 0 radical (unpaired) electrons. The Hall–Kier alpha value is -2.08. The lowest BCUT2D eigenvalue weighted by Gasteiger charge is -2.22. The van der Waals surface area contributed by atoms with Crippen molar-refractivity contribution in [3.8, 4) is 0 Å². The summed E-state index contributed by atoms with van der Waals surface area (Å²) in [5, 5.41) is 14.7. The summed E-state index contributed by atoms with van der Waals surface area (Å²) in [4.78, 5) is 12.2. The van der Waals surface area contributed by atoms with Crippen LogP contribution < -0.4 is 11.1 Å². The van der Waals surface area contributed by atoms with Gasteiger partial charge in [-0.2, -0.15) is 0 Å². The predicted molar refractivity (Wildman–Crippen MR) is 75.9 cm³/mol. The van der Waals surface area contributed by atoms with Gasteiger partial charge in [0.2, 0.25) is 5.91 Å². The Morgan fingerprint density at radius 3 is 2.80 bits per heavy atom. The van der Waals surface area contributed by atoms with Gasteiger partial charge in [-0.15, -0.1) is 0 Å². The average Bonchev–Trinajstić information content (AvgIpc) is 2.47. The second-order valence-corrected chi connectivity index (χ2v) is 4.86. The van der Waals surface area contributed by atoms with Gasteiger partial charge in [0.15, 0.2) is 5.84 Å². The first-order chi connectivity index (χ1) is 9.63. The fourth-order valence-corrected chi connectivity index (χ4v) is 2.36. The molecule has 6 heteroatoms. The number of anilines is 1. The lowest BCUT2D eigenvalue weighted by molar-refractivity contribution is -0.122. The highest BCUT2D eigenvalue weighted by Gasteiger charge is 2.23. The van der Waals surface area contributed by atoms with E-state index >= 15 is 0 Å². The van der Waals surface area contributed by atoms with Crippen molar-refractivity contribution in [3.63, 3.8) is 0 Å². The lowest BCUT2D eigenvalue weighted by Crippen LogP contribution is -2.29. The number of ether oxygens (including phenoxy) is 1. The van der Waals surface area contributed by atoms with E-state index < -0.39 is 0 Å². The maximum atomic E-state index is 12.2. The van der Waals surface area contributed by atoms with Crippen LogP contribution in [-0.2, 0) is 9.53 Å². The van der Waals surface area contributed by atoms with Crippen molar-refractivity contribution < 1.29 is 14.7 Å². The van der Waals surface area contributed by atoms with Crippen LogP contribution in [0.3, 0.4) is 0 Å². The van der Waals surface area contributed by atoms with Crippen LogP contribution >= 0.6 is 0 Å². The van der Waals surface area contributed by atoms with Crippen LogP contribution in [-0.4, -0.2) is 30.2 Å². The molecule has 0 atom stereocenters. The lowest BCUT2D eigenvalue weighted by atomic mass is 9.98. The van der Waals surface area contributed by atoms with Crippen LogP contribution in [0.5, 0.6) is 0 Å². The quantitative estimate of drug-likeness (QED) is 0.337. The smallest absolute Gasteiger partial charge is 0.227 e. The molecule has 0 unspecified atom stereocenters.